The number of aromatic nitrogens is 5. The Morgan fingerprint density at radius 1 is 1.04 bits per heavy atom. The highest BCUT2D eigenvalue weighted by Crippen LogP contribution is 2.21. The Hall–Kier alpha value is -3.02. The lowest BCUT2D eigenvalue weighted by Gasteiger charge is -2.13. The fourth-order valence-corrected chi connectivity index (χ4v) is 3.17. The molecular weight excluding hydrogens is 329 g/mol. The van der Waals surface area contributed by atoms with Crippen molar-refractivity contribution in [3.63, 3.8) is 0 Å². The quantitative estimate of drug-likeness (QED) is 0.509. The van der Waals surface area contributed by atoms with Crippen LogP contribution in [0.1, 0.15) is 19.7 Å². The Morgan fingerprint density at radius 2 is 1.88 bits per heavy atom. The average molecular weight is 349 g/mol. The Bertz CT molecular complexity index is 1050. The van der Waals surface area contributed by atoms with Gasteiger partial charge in [-0.05, 0) is 30.2 Å². The third-order valence-corrected chi connectivity index (χ3v) is 4.25. The molecule has 0 amide bonds. The first-order valence-electron chi connectivity index (χ1n) is 8.70. The average Bonchev–Trinajstić information content (AvgIpc) is 3.20. The molecule has 0 spiro atoms. The lowest BCUT2D eigenvalue weighted by Crippen LogP contribution is -2.12. The normalized spacial score (nSPS) is 11.5. The maximum Gasteiger partial charge on any atom is 0.213 e. The van der Waals surface area contributed by atoms with Crippen LogP contribution in [0.2, 0.25) is 0 Å². The molecule has 5 nitrogen and oxygen atoms in total. The van der Waals surface area contributed by atoms with Crippen LogP contribution in [0.15, 0.2) is 54.9 Å². The van der Waals surface area contributed by atoms with Crippen LogP contribution < -0.4 is 0 Å². The van der Waals surface area contributed by atoms with E-state index in [0.29, 0.717) is 24.0 Å². The second-order valence-electron chi connectivity index (χ2n) is 6.75. The minimum absolute atomic E-state index is 0.499. The second kappa shape index (κ2) is 6.71. The van der Waals surface area contributed by atoms with Gasteiger partial charge in [0.25, 0.3) is 0 Å². The molecule has 0 fully saturated rings. The monoisotopic (exact) mass is 349 g/mol. The van der Waals surface area contributed by atoms with E-state index in [1.807, 2.05) is 29.0 Å². The molecule has 132 valence electrons. The van der Waals surface area contributed by atoms with E-state index in [1.54, 1.807) is 18.3 Å². The van der Waals surface area contributed by atoms with Crippen molar-refractivity contribution in [3.8, 4) is 11.5 Å². The molecule has 4 rings (SSSR count). The van der Waals surface area contributed by atoms with Crippen LogP contribution in [0, 0.1) is 11.9 Å². The summed E-state index contributed by atoms with van der Waals surface area (Å²) < 4.78 is 17.7. The minimum Gasteiger partial charge on any atom is -0.326 e. The zero-order valence-electron chi connectivity index (χ0n) is 14.8. The molecule has 0 saturated carbocycles. The summed E-state index contributed by atoms with van der Waals surface area (Å²) in [6.07, 6.45) is 3.58. The second-order valence-corrected chi connectivity index (χ2v) is 6.75. The molecule has 0 bridgehead atoms. The first kappa shape index (κ1) is 16.4. The molecule has 0 aliphatic heterocycles. The van der Waals surface area contributed by atoms with Crippen LogP contribution in [-0.4, -0.2) is 24.1 Å². The van der Waals surface area contributed by atoms with E-state index < -0.39 is 5.95 Å². The third kappa shape index (κ3) is 3.10. The van der Waals surface area contributed by atoms with Gasteiger partial charge in [0.1, 0.15) is 11.5 Å². The highest BCUT2D eigenvalue weighted by atomic mass is 19.1. The first-order chi connectivity index (χ1) is 12.6. The summed E-state index contributed by atoms with van der Waals surface area (Å²) in [7, 11) is 0. The number of hydrogen-bond donors (Lipinski definition) is 0. The van der Waals surface area contributed by atoms with Gasteiger partial charge < -0.3 is 9.13 Å². The van der Waals surface area contributed by atoms with E-state index in [0.717, 1.165) is 23.4 Å². The van der Waals surface area contributed by atoms with Gasteiger partial charge >= 0.3 is 0 Å². The molecule has 0 radical (unpaired) electrons. The van der Waals surface area contributed by atoms with Crippen LogP contribution in [0.5, 0.6) is 0 Å². The molecule has 0 unspecified atom stereocenters. The Kier molecular flexibility index (Phi) is 4.24. The van der Waals surface area contributed by atoms with Gasteiger partial charge in [-0.3, -0.25) is 0 Å². The molecule has 0 aliphatic rings. The number of nitrogens with zero attached hydrogens (tertiary/aromatic N) is 5. The summed E-state index contributed by atoms with van der Waals surface area (Å²) in [5.41, 5.74) is 2.62. The summed E-state index contributed by atoms with van der Waals surface area (Å²) in [5.74, 6) is 1.57. The molecule has 0 N–H and O–H groups in total. The summed E-state index contributed by atoms with van der Waals surface area (Å²) in [4.78, 5) is 13.1. The molecular formula is C20H20FN5. The maximum atomic E-state index is 13.5. The van der Waals surface area contributed by atoms with Crippen molar-refractivity contribution in [2.45, 2.75) is 26.9 Å². The molecule has 26 heavy (non-hydrogen) atoms. The molecule has 0 atom stereocenters. The van der Waals surface area contributed by atoms with Crippen molar-refractivity contribution in [2.24, 2.45) is 5.92 Å². The van der Waals surface area contributed by atoms with Crippen molar-refractivity contribution < 1.29 is 4.39 Å². The van der Waals surface area contributed by atoms with Gasteiger partial charge in [0.05, 0.1) is 17.6 Å². The number of hydrogen-bond acceptors (Lipinski definition) is 3. The van der Waals surface area contributed by atoms with E-state index in [4.69, 9.17) is 4.98 Å². The van der Waals surface area contributed by atoms with Crippen molar-refractivity contribution in [1.29, 1.82) is 0 Å². The van der Waals surface area contributed by atoms with E-state index in [9.17, 15) is 4.39 Å². The highest BCUT2D eigenvalue weighted by Gasteiger charge is 2.15. The van der Waals surface area contributed by atoms with Crippen LogP contribution in [0.4, 0.5) is 4.39 Å². The van der Waals surface area contributed by atoms with Gasteiger partial charge in [-0.2, -0.15) is 4.39 Å². The lowest BCUT2D eigenvalue weighted by molar-refractivity contribution is 0.510. The Balaban J connectivity index is 1.76. The molecule has 0 saturated heterocycles. The molecule has 6 heteroatoms. The zero-order chi connectivity index (χ0) is 18.1. The predicted molar refractivity (Wildman–Crippen MR) is 99.1 cm³/mol. The van der Waals surface area contributed by atoms with Crippen LogP contribution in [0.25, 0.3) is 22.6 Å². The highest BCUT2D eigenvalue weighted by molar-refractivity contribution is 5.75. The van der Waals surface area contributed by atoms with Crippen LogP contribution >= 0.6 is 0 Å². The predicted octanol–water partition coefficient (Wildman–Crippen LogP) is 4.14. The van der Waals surface area contributed by atoms with Gasteiger partial charge in [0.2, 0.25) is 5.95 Å². The Labute approximate surface area is 151 Å². The van der Waals surface area contributed by atoms with E-state index >= 15 is 0 Å². The molecule has 1 aromatic carbocycles. The van der Waals surface area contributed by atoms with Crippen molar-refractivity contribution in [3.05, 3.63) is 66.6 Å². The third-order valence-electron chi connectivity index (χ3n) is 4.25. The largest absolute Gasteiger partial charge is 0.326 e. The van der Waals surface area contributed by atoms with Crippen molar-refractivity contribution in [2.75, 3.05) is 0 Å². The summed E-state index contributed by atoms with van der Waals surface area (Å²) >= 11 is 0. The van der Waals surface area contributed by atoms with Crippen LogP contribution in [-0.2, 0) is 13.1 Å². The SMILES string of the molecule is CC(C)Cn1c(Cn2ccnc2-c2cccc(F)n2)nc2ccccc21. The first-order valence-corrected chi connectivity index (χ1v) is 8.70. The summed E-state index contributed by atoms with van der Waals surface area (Å²) in [6.45, 7) is 5.82. The number of rotatable bonds is 5. The minimum atomic E-state index is -0.510. The van der Waals surface area contributed by atoms with Gasteiger partial charge in [-0.25, -0.2) is 15.0 Å². The molecule has 0 aliphatic carbocycles. The molecule has 3 aromatic heterocycles. The van der Waals surface area contributed by atoms with E-state index in [-0.39, 0.29) is 0 Å². The number of pyridine rings is 1. The van der Waals surface area contributed by atoms with Gasteiger partial charge in [0, 0.05) is 18.9 Å². The van der Waals surface area contributed by atoms with Gasteiger partial charge in [-0.15, -0.1) is 0 Å². The topological polar surface area (TPSA) is 48.5 Å². The van der Waals surface area contributed by atoms with Gasteiger partial charge in [-0.1, -0.05) is 32.0 Å². The van der Waals surface area contributed by atoms with E-state index in [1.165, 1.54) is 6.07 Å². The van der Waals surface area contributed by atoms with E-state index in [2.05, 4.69) is 34.4 Å². The number of para-hydroxylation sites is 2. The maximum absolute atomic E-state index is 13.5. The van der Waals surface area contributed by atoms with Gasteiger partial charge in [0.15, 0.2) is 5.82 Å². The number of imidazole rings is 2. The van der Waals surface area contributed by atoms with Crippen molar-refractivity contribution in [1.82, 2.24) is 24.1 Å². The number of benzene rings is 1. The fraction of sp³-hybridized carbons (Fsp3) is 0.250. The molecule has 4 aromatic rings. The smallest absolute Gasteiger partial charge is 0.213 e. The van der Waals surface area contributed by atoms with Crippen LogP contribution in [0.3, 0.4) is 0 Å². The molecule has 3 heterocycles. The zero-order valence-corrected chi connectivity index (χ0v) is 14.8. The summed E-state index contributed by atoms with van der Waals surface area (Å²) in [6, 6.07) is 12.9. The van der Waals surface area contributed by atoms with Crippen molar-refractivity contribution >= 4 is 11.0 Å². The lowest BCUT2D eigenvalue weighted by atomic mass is 10.2. The number of halogens is 1. The summed E-state index contributed by atoms with van der Waals surface area (Å²) in [5, 5.41) is 0. The standard InChI is InChI=1S/C20H20FN5/c1-14(2)12-26-17-8-4-3-6-15(17)24-19(26)13-25-11-10-22-20(25)16-7-5-9-18(21)23-16/h3-11,14H,12-13H2,1-2H3. The Morgan fingerprint density at radius 3 is 2.69 bits per heavy atom. The number of fused-ring (bicyclic) bond motifs is 1. The fourth-order valence-electron chi connectivity index (χ4n) is 3.17.